The molecule has 0 fully saturated rings. The summed E-state index contributed by atoms with van der Waals surface area (Å²) in [4.78, 5) is 0.191. The lowest BCUT2D eigenvalue weighted by Gasteiger charge is -2.11. The smallest absolute Gasteiger partial charge is 0.153 e. The molecule has 1 aliphatic heterocycles. The molecule has 1 unspecified atom stereocenters. The number of halogens is 1. The molecule has 0 bridgehead atoms. The van der Waals surface area contributed by atoms with E-state index in [4.69, 9.17) is 16.0 Å². The number of fused-ring (bicyclic) bond motifs is 3. The molecule has 0 amide bonds. The van der Waals surface area contributed by atoms with Gasteiger partial charge in [0.2, 0.25) is 0 Å². The Bertz CT molecular complexity index is 623. The second-order valence-corrected chi connectivity index (χ2v) is 5.30. The van der Waals surface area contributed by atoms with Crippen molar-refractivity contribution in [2.24, 2.45) is 0 Å². The van der Waals surface area contributed by atoms with Crippen LogP contribution in [0.15, 0.2) is 21.4 Å². The Labute approximate surface area is 105 Å². The van der Waals surface area contributed by atoms with Crippen molar-refractivity contribution in [3.63, 3.8) is 0 Å². The van der Waals surface area contributed by atoms with Crippen molar-refractivity contribution >= 4 is 33.7 Å². The molecule has 17 heavy (non-hydrogen) atoms. The van der Waals surface area contributed by atoms with Crippen LogP contribution in [0.3, 0.4) is 0 Å². The van der Waals surface area contributed by atoms with Crippen molar-refractivity contribution in [3.8, 4) is 0 Å². The Morgan fingerprint density at radius 1 is 1.47 bits per heavy atom. The fraction of sp³-hybridized carbons (Fsp3) is 0.273. The number of benzene rings is 1. The van der Waals surface area contributed by atoms with Crippen LogP contribution in [0.25, 0.3) is 11.0 Å². The van der Waals surface area contributed by atoms with E-state index < -0.39 is 11.1 Å². The topological polar surface area (TPSA) is 65.3 Å². The van der Waals surface area contributed by atoms with Gasteiger partial charge in [-0.25, -0.2) is 0 Å². The van der Waals surface area contributed by atoms with E-state index in [2.05, 4.69) is 5.32 Å². The van der Waals surface area contributed by atoms with Gasteiger partial charge in [0, 0.05) is 35.4 Å². The highest BCUT2D eigenvalue weighted by Gasteiger charge is 2.19. The number of hydrogen-bond acceptors (Lipinski definition) is 4. The summed E-state index contributed by atoms with van der Waals surface area (Å²) in [7, 11) is 0. The van der Waals surface area contributed by atoms with Gasteiger partial charge in [0.1, 0.15) is 5.76 Å². The predicted octanol–water partition coefficient (Wildman–Crippen LogP) is 1.97. The Hall–Kier alpha value is -0.880. The Kier molecular flexibility index (Phi) is 2.71. The minimum Gasteiger partial charge on any atom is -0.768 e. The molecule has 2 heterocycles. The third-order valence-corrected chi connectivity index (χ3v) is 3.83. The first-order valence-corrected chi connectivity index (χ1v) is 6.66. The second-order valence-electron chi connectivity index (χ2n) is 3.95. The van der Waals surface area contributed by atoms with E-state index >= 15 is 0 Å². The van der Waals surface area contributed by atoms with E-state index in [0.29, 0.717) is 17.2 Å². The van der Waals surface area contributed by atoms with Crippen molar-refractivity contribution in [1.82, 2.24) is 5.32 Å². The van der Waals surface area contributed by atoms with Gasteiger partial charge in [-0.3, -0.25) is 4.21 Å². The SMILES string of the molecule is O=S([O-])c1cc(Cl)c2oc3c(c2c1)CNCC3. The summed E-state index contributed by atoms with van der Waals surface area (Å²) in [6, 6.07) is 3.02. The van der Waals surface area contributed by atoms with Crippen LogP contribution in [0.1, 0.15) is 11.3 Å². The summed E-state index contributed by atoms with van der Waals surface area (Å²) in [6.07, 6.45) is 0.802. The third-order valence-electron chi connectivity index (χ3n) is 2.93. The highest BCUT2D eigenvalue weighted by atomic mass is 35.5. The standard InChI is InChI=1S/C11H10ClNO3S/c12-9-4-6(17(14)15)3-7-8-5-13-2-1-10(8)16-11(7)9/h3-4,13H,1-2,5H2,(H,14,15)/p-1. The molecular formula is C11H9ClNO3S-. The lowest BCUT2D eigenvalue weighted by Crippen LogP contribution is -2.22. The Balaban J connectivity index is 2.32. The lowest BCUT2D eigenvalue weighted by atomic mass is 10.1. The predicted molar refractivity (Wildman–Crippen MR) is 63.8 cm³/mol. The molecule has 0 spiro atoms. The zero-order chi connectivity index (χ0) is 12.0. The van der Waals surface area contributed by atoms with Gasteiger partial charge in [0.15, 0.2) is 5.58 Å². The molecule has 1 aromatic heterocycles. The highest BCUT2D eigenvalue weighted by Crippen LogP contribution is 2.34. The minimum absolute atomic E-state index is 0.191. The summed E-state index contributed by atoms with van der Waals surface area (Å²) in [6.45, 7) is 1.55. The Morgan fingerprint density at radius 3 is 3.06 bits per heavy atom. The van der Waals surface area contributed by atoms with Crippen molar-refractivity contribution in [2.45, 2.75) is 17.9 Å². The third kappa shape index (κ3) is 1.79. The highest BCUT2D eigenvalue weighted by molar-refractivity contribution is 7.79. The van der Waals surface area contributed by atoms with Gasteiger partial charge in [-0.2, -0.15) is 0 Å². The molecular weight excluding hydrogens is 262 g/mol. The molecule has 1 aromatic carbocycles. The second kappa shape index (κ2) is 4.10. The van der Waals surface area contributed by atoms with Gasteiger partial charge in [-0.15, -0.1) is 0 Å². The molecule has 4 nitrogen and oxygen atoms in total. The molecule has 1 atom stereocenters. The van der Waals surface area contributed by atoms with Gasteiger partial charge in [-0.05, 0) is 23.2 Å². The van der Waals surface area contributed by atoms with Gasteiger partial charge >= 0.3 is 0 Å². The number of hydrogen-bond donors (Lipinski definition) is 1. The lowest BCUT2D eigenvalue weighted by molar-refractivity contribution is 0.500. The fourth-order valence-electron chi connectivity index (χ4n) is 2.14. The molecule has 3 rings (SSSR count). The van der Waals surface area contributed by atoms with Crippen molar-refractivity contribution in [3.05, 3.63) is 28.5 Å². The monoisotopic (exact) mass is 270 g/mol. The summed E-state index contributed by atoms with van der Waals surface area (Å²) >= 11 is 3.76. The van der Waals surface area contributed by atoms with Crippen molar-refractivity contribution in [1.29, 1.82) is 0 Å². The van der Waals surface area contributed by atoms with Gasteiger partial charge < -0.3 is 14.3 Å². The van der Waals surface area contributed by atoms with Crippen LogP contribution in [-0.4, -0.2) is 15.3 Å². The van der Waals surface area contributed by atoms with Crippen molar-refractivity contribution in [2.75, 3.05) is 6.54 Å². The zero-order valence-electron chi connectivity index (χ0n) is 8.79. The van der Waals surface area contributed by atoms with E-state index in [0.717, 1.165) is 29.7 Å². The first kappa shape index (κ1) is 11.2. The summed E-state index contributed by atoms with van der Waals surface area (Å²) in [5, 5.41) is 4.36. The minimum atomic E-state index is -2.28. The molecule has 0 aliphatic carbocycles. The van der Waals surface area contributed by atoms with Crippen molar-refractivity contribution < 1.29 is 13.2 Å². The van der Waals surface area contributed by atoms with Crippen LogP contribution in [-0.2, 0) is 24.0 Å². The maximum atomic E-state index is 11.0. The normalized spacial score (nSPS) is 17.1. The van der Waals surface area contributed by atoms with E-state index in [1.54, 1.807) is 6.07 Å². The van der Waals surface area contributed by atoms with Crippen LogP contribution >= 0.6 is 11.6 Å². The van der Waals surface area contributed by atoms with E-state index in [1.807, 2.05) is 0 Å². The maximum absolute atomic E-state index is 11.0. The van der Waals surface area contributed by atoms with Crippen LogP contribution in [0.5, 0.6) is 0 Å². The molecule has 6 heteroatoms. The van der Waals surface area contributed by atoms with Gasteiger partial charge in [0.25, 0.3) is 0 Å². The molecule has 0 saturated carbocycles. The van der Waals surface area contributed by atoms with Gasteiger partial charge in [0.05, 0.1) is 5.02 Å². The number of rotatable bonds is 1. The van der Waals surface area contributed by atoms with E-state index in [1.165, 1.54) is 6.07 Å². The van der Waals surface area contributed by atoms with E-state index in [9.17, 15) is 8.76 Å². The maximum Gasteiger partial charge on any atom is 0.153 e. The first-order valence-electron chi connectivity index (χ1n) is 5.20. The van der Waals surface area contributed by atoms with E-state index in [-0.39, 0.29) is 4.90 Å². The largest absolute Gasteiger partial charge is 0.768 e. The van der Waals surface area contributed by atoms with Crippen LogP contribution in [0.4, 0.5) is 0 Å². The Morgan fingerprint density at radius 2 is 2.29 bits per heavy atom. The molecule has 0 radical (unpaired) electrons. The van der Waals surface area contributed by atoms with Gasteiger partial charge in [-0.1, -0.05) is 11.6 Å². The molecule has 90 valence electrons. The summed E-state index contributed by atoms with van der Waals surface area (Å²) in [5.41, 5.74) is 1.59. The van der Waals surface area contributed by atoms with Crippen LogP contribution in [0.2, 0.25) is 5.02 Å². The van der Waals surface area contributed by atoms with Crippen LogP contribution < -0.4 is 5.32 Å². The summed E-state index contributed by atoms with van der Waals surface area (Å²) in [5.74, 6) is 0.898. The first-order chi connectivity index (χ1) is 8.16. The average molecular weight is 271 g/mol. The van der Waals surface area contributed by atoms with Crippen LogP contribution in [0, 0.1) is 0 Å². The molecule has 1 aliphatic rings. The number of furan rings is 1. The fourth-order valence-corrected chi connectivity index (χ4v) is 2.89. The average Bonchev–Trinajstić information content (AvgIpc) is 2.68. The molecule has 0 saturated heterocycles. The molecule has 1 N–H and O–H groups in total. The summed E-state index contributed by atoms with van der Waals surface area (Å²) < 4.78 is 27.6. The quantitative estimate of drug-likeness (QED) is 0.805. The number of nitrogens with one attached hydrogen (secondary N) is 1. The zero-order valence-corrected chi connectivity index (χ0v) is 10.4. The molecule has 2 aromatic rings.